The summed E-state index contributed by atoms with van der Waals surface area (Å²) in [7, 11) is 1.44. The molecule has 10 heteroatoms. The second-order valence-electron chi connectivity index (χ2n) is 15.7. The summed E-state index contributed by atoms with van der Waals surface area (Å²) < 4.78 is 34.3. The van der Waals surface area contributed by atoms with Crippen LogP contribution in [-0.4, -0.2) is 74.9 Å². The number of hydrogen-bond donors (Lipinski definition) is 1. The van der Waals surface area contributed by atoms with E-state index >= 15 is 0 Å². The number of carbonyl (C=O) groups is 2. The van der Waals surface area contributed by atoms with Crippen molar-refractivity contribution in [1.82, 2.24) is 0 Å². The van der Waals surface area contributed by atoms with Crippen LogP contribution in [0, 0.1) is 0 Å². The molecule has 0 spiro atoms. The summed E-state index contributed by atoms with van der Waals surface area (Å²) in [5, 5.41) is 0. The fourth-order valence-electron chi connectivity index (χ4n) is 5.49. The number of phosphoric ester groups is 1. The normalized spacial score (nSPS) is 14.3. The first-order valence-corrected chi connectivity index (χ1v) is 23.7. The Balaban J connectivity index is 4.41. The van der Waals surface area contributed by atoms with Gasteiger partial charge in [-0.15, -0.1) is 0 Å². The van der Waals surface area contributed by atoms with Gasteiger partial charge in [-0.3, -0.25) is 18.6 Å². The number of esters is 2. The third-order valence-electron chi connectivity index (χ3n) is 8.97. The number of hydrogen-bond acceptors (Lipinski definition) is 7. The molecule has 0 aromatic heterocycles. The number of nitrogens with zero attached hydrogens (tertiary/aromatic N) is 1. The van der Waals surface area contributed by atoms with E-state index in [1.54, 1.807) is 0 Å². The number of rotatable bonds is 39. The van der Waals surface area contributed by atoms with Gasteiger partial charge in [-0.1, -0.05) is 145 Å². The first-order chi connectivity index (χ1) is 27.5. The van der Waals surface area contributed by atoms with Crippen molar-refractivity contribution in [3.63, 3.8) is 0 Å². The Bertz CT molecular complexity index is 1200. The van der Waals surface area contributed by atoms with Crippen LogP contribution < -0.4 is 0 Å². The molecule has 0 fully saturated rings. The molecule has 0 radical (unpaired) electrons. The summed E-state index contributed by atoms with van der Waals surface area (Å²) in [4.78, 5) is 35.4. The fourth-order valence-corrected chi connectivity index (χ4v) is 6.23. The van der Waals surface area contributed by atoms with Crippen molar-refractivity contribution >= 4 is 19.8 Å². The monoisotopic (exact) mass is 821 g/mol. The van der Waals surface area contributed by atoms with Gasteiger partial charge in [0.25, 0.3) is 0 Å². The van der Waals surface area contributed by atoms with Crippen molar-refractivity contribution in [1.29, 1.82) is 0 Å². The average Bonchev–Trinajstić information content (AvgIpc) is 3.16. The van der Waals surface area contributed by atoms with E-state index in [1.165, 1.54) is 12.8 Å². The van der Waals surface area contributed by atoms with E-state index in [0.29, 0.717) is 23.9 Å². The second kappa shape index (κ2) is 38.9. The molecule has 0 amide bonds. The molecule has 0 aliphatic rings. The minimum absolute atomic E-state index is 0.0225. The lowest BCUT2D eigenvalue weighted by atomic mass is 10.1. The zero-order valence-corrected chi connectivity index (χ0v) is 37.7. The van der Waals surface area contributed by atoms with E-state index in [9.17, 15) is 19.0 Å². The van der Waals surface area contributed by atoms with Crippen LogP contribution in [0.2, 0.25) is 0 Å². The van der Waals surface area contributed by atoms with Crippen LogP contribution in [0.3, 0.4) is 0 Å². The van der Waals surface area contributed by atoms with E-state index in [-0.39, 0.29) is 32.0 Å². The Labute approximate surface area is 348 Å². The van der Waals surface area contributed by atoms with Crippen LogP contribution in [-0.2, 0) is 32.7 Å². The molecule has 0 saturated heterocycles. The molecule has 0 aliphatic carbocycles. The molecule has 57 heavy (non-hydrogen) atoms. The zero-order valence-electron chi connectivity index (χ0n) is 36.8. The highest BCUT2D eigenvalue weighted by molar-refractivity contribution is 7.47. The highest BCUT2D eigenvalue weighted by Gasteiger charge is 2.27. The number of phosphoric acid groups is 1. The number of ether oxygens (including phenoxy) is 2. The van der Waals surface area contributed by atoms with Gasteiger partial charge in [-0.25, -0.2) is 4.57 Å². The van der Waals surface area contributed by atoms with Gasteiger partial charge in [0.1, 0.15) is 19.8 Å². The third-order valence-corrected chi connectivity index (χ3v) is 9.95. The molecule has 1 N–H and O–H groups in total. The number of allylic oxidation sites excluding steroid dienone is 12. The van der Waals surface area contributed by atoms with Crippen LogP contribution in [0.5, 0.6) is 0 Å². The second-order valence-corrected chi connectivity index (χ2v) is 17.1. The van der Waals surface area contributed by atoms with Crippen LogP contribution in [0.1, 0.15) is 162 Å². The molecule has 0 heterocycles. The standard InChI is InChI=1S/C47H82NO8P/c1-6-8-10-12-14-16-18-20-22-23-24-25-26-28-30-32-34-36-38-40-47(50)56-45(44-55-57(51,52)54-42-41-48(3,4)5)43-53-46(49)39-37-35-33-31-29-27-21-19-17-15-13-11-9-7-2/h8,10,13-16,19-22,24-25,45H,6-7,9,11-12,17-18,23,26-44H2,1-5H3/p+1/b10-8-,15-13-,16-14-,21-19-,22-20-,25-24-. The summed E-state index contributed by atoms with van der Waals surface area (Å²) in [5.74, 6) is -0.838. The molecule has 0 aromatic carbocycles. The van der Waals surface area contributed by atoms with Gasteiger partial charge in [-0.05, 0) is 77.0 Å². The van der Waals surface area contributed by atoms with E-state index in [2.05, 4.69) is 86.8 Å². The topological polar surface area (TPSA) is 108 Å². The minimum Gasteiger partial charge on any atom is -0.462 e. The lowest BCUT2D eigenvalue weighted by Crippen LogP contribution is -2.37. The van der Waals surface area contributed by atoms with E-state index in [4.69, 9.17) is 18.5 Å². The highest BCUT2D eigenvalue weighted by Crippen LogP contribution is 2.43. The van der Waals surface area contributed by atoms with Crippen molar-refractivity contribution in [3.05, 3.63) is 72.9 Å². The maximum Gasteiger partial charge on any atom is 0.472 e. The zero-order chi connectivity index (χ0) is 42.1. The van der Waals surface area contributed by atoms with E-state index < -0.39 is 26.5 Å². The van der Waals surface area contributed by atoms with Crippen LogP contribution in [0.4, 0.5) is 0 Å². The van der Waals surface area contributed by atoms with Gasteiger partial charge in [0.05, 0.1) is 27.7 Å². The molecular weight excluding hydrogens is 737 g/mol. The SMILES string of the molecule is CC/C=C\C/C=C\C/C=C\C/C=C\CCCCCCCCC(=O)OC(COC(=O)CCCCCCC/C=C\C/C=C\CCCC)COP(=O)(O)OCC[N+](C)(C)C. The highest BCUT2D eigenvalue weighted by atomic mass is 31.2. The molecule has 0 aliphatic heterocycles. The molecule has 0 saturated carbocycles. The Kier molecular flexibility index (Phi) is 37.2. The number of likely N-dealkylation sites (N-methyl/N-ethyl adjacent to an activating group) is 1. The minimum atomic E-state index is -4.39. The third kappa shape index (κ3) is 42.9. The summed E-state index contributed by atoms with van der Waals surface area (Å²) in [6, 6.07) is 0. The lowest BCUT2D eigenvalue weighted by molar-refractivity contribution is -0.870. The first-order valence-electron chi connectivity index (χ1n) is 22.2. The van der Waals surface area contributed by atoms with Crippen molar-refractivity contribution < 1.29 is 42.1 Å². The van der Waals surface area contributed by atoms with Gasteiger partial charge < -0.3 is 18.9 Å². The Hall–Kier alpha value is -2.55. The fraction of sp³-hybridized carbons (Fsp3) is 0.702. The lowest BCUT2D eigenvalue weighted by Gasteiger charge is -2.24. The van der Waals surface area contributed by atoms with E-state index in [0.717, 1.165) is 109 Å². The van der Waals surface area contributed by atoms with Crippen LogP contribution in [0.25, 0.3) is 0 Å². The predicted octanol–water partition coefficient (Wildman–Crippen LogP) is 12.6. The van der Waals surface area contributed by atoms with Crippen molar-refractivity contribution in [2.75, 3.05) is 47.5 Å². The number of unbranched alkanes of at least 4 members (excludes halogenated alkanes) is 13. The smallest absolute Gasteiger partial charge is 0.462 e. The van der Waals surface area contributed by atoms with Gasteiger partial charge in [0.2, 0.25) is 0 Å². The summed E-state index contributed by atoms with van der Waals surface area (Å²) in [6.45, 7) is 4.22. The van der Waals surface area contributed by atoms with Crippen molar-refractivity contribution in [2.45, 2.75) is 168 Å². The summed E-state index contributed by atoms with van der Waals surface area (Å²) in [5.41, 5.74) is 0. The molecule has 2 atom stereocenters. The molecule has 0 aromatic rings. The number of quaternary nitrogens is 1. The van der Waals surface area contributed by atoms with Crippen molar-refractivity contribution in [2.24, 2.45) is 0 Å². The van der Waals surface area contributed by atoms with Crippen LogP contribution in [0.15, 0.2) is 72.9 Å². The largest absolute Gasteiger partial charge is 0.472 e. The Morgan fingerprint density at radius 1 is 0.561 bits per heavy atom. The van der Waals surface area contributed by atoms with Gasteiger partial charge in [-0.2, -0.15) is 0 Å². The molecule has 0 rings (SSSR count). The maximum absolute atomic E-state index is 12.7. The number of carbonyl (C=O) groups excluding carboxylic acids is 2. The molecular formula is C47H83NO8P+. The predicted molar refractivity (Wildman–Crippen MR) is 238 cm³/mol. The summed E-state index contributed by atoms with van der Waals surface area (Å²) in [6.07, 6.45) is 48.0. The van der Waals surface area contributed by atoms with Gasteiger partial charge >= 0.3 is 19.8 Å². The van der Waals surface area contributed by atoms with Crippen molar-refractivity contribution in [3.8, 4) is 0 Å². The molecule has 328 valence electrons. The van der Waals surface area contributed by atoms with Gasteiger partial charge in [0, 0.05) is 12.8 Å². The molecule has 0 bridgehead atoms. The van der Waals surface area contributed by atoms with Crippen LogP contribution >= 0.6 is 7.82 Å². The molecule has 2 unspecified atom stereocenters. The summed E-state index contributed by atoms with van der Waals surface area (Å²) >= 11 is 0. The maximum atomic E-state index is 12.7. The first kappa shape index (κ1) is 54.5. The van der Waals surface area contributed by atoms with E-state index in [1.807, 2.05) is 21.1 Å². The quantitative estimate of drug-likeness (QED) is 0.0215. The Morgan fingerprint density at radius 2 is 1.00 bits per heavy atom. The Morgan fingerprint density at radius 3 is 1.49 bits per heavy atom. The molecule has 9 nitrogen and oxygen atoms in total. The average molecular weight is 821 g/mol. The van der Waals surface area contributed by atoms with Gasteiger partial charge in [0.15, 0.2) is 6.10 Å².